The summed E-state index contributed by atoms with van der Waals surface area (Å²) in [7, 11) is 0. The van der Waals surface area contributed by atoms with Gasteiger partial charge in [0.1, 0.15) is 0 Å². The van der Waals surface area contributed by atoms with E-state index in [0.29, 0.717) is 0 Å². The van der Waals surface area contributed by atoms with Crippen molar-refractivity contribution in [2.45, 2.75) is 0 Å². The summed E-state index contributed by atoms with van der Waals surface area (Å²) in [6.07, 6.45) is 3.25. The van der Waals surface area contributed by atoms with Crippen LogP contribution in [0.15, 0.2) is 29.1 Å². The summed E-state index contributed by atoms with van der Waals surface area (Å²) in [6.45, 7) is 0. The molecule has 1 aromatic rings. The molecule has 2 heteroatoms. The van der Waals surface area contributed by atoms with Crippen molar-refractivity contribution in [3.63, 3.8) is 0 Å². The summed E-state index contributed by atoms with van der Waals surface area (Å²) < 4.78 is 4.58. The molecule has 6 heavy (non-hydrogen) atoms. The topological polar surface area (TPSA) is 13.1 Å². The zero-order valence-electron chi connectivity index (χ0n) is 2.72. The van der Waals surface area contributed by atoms with Gasteiger partial charge in [0.25, 0.3) is 0 Å². The molecule has 0 amide bonds. The molecule has 1 heterocycles. The van der Waals surface area contributed by atoms with E-state index in [1.54, 1.807) is 12.5 Å². The molecule has 0 saturated heterocycles. The van der Waals surface area contributed by atoms with Crippen LogP contribution in [-0.4, -0.2) is 29.6 Å². The second-order valence-electron chi connectivity index (χ2n) is 0.793. The van der Waals surface area contributed by atoms with Gasteiger partial charge in [0.05, 0.1) is 12.5 Å². The van der Waals surface area contributed by atoms with Crippen molar-refractivity contribution >= 4 is 29.6 Å². The Morgan fingerprint density at radius 2 is 1.50 bits per heavy atom. The Hall–Kier alpha value is 0.280. The fourth-order valence-corrected chi connectivity index (χ4v) is 0.227. The molecular formula is C4H5NaO. The van der Waals surface area contributed by atoms with E-state index in [0.717, 1.165) is 0 Å². The van der Waals surface area contributed by atoms with Gasteiger partial charge in [-0.05, 0) is 12.1 Å². The summed E-state index contributed by atoms with van der Waals surface area (Å²) in [5, 5.41) is 0. The molecule has 0 unspecified atom stereocenters. The van der Waals surface area contributed by atoms with Crippen molar-refractivity contribution in [2.75, 3.05) is 0 Å². The Bertz CT molecular complexity index is 64.0. The van der Waals surface area contributed by atoms with E-state index >= 15 is 0 Å². The molecule has 0 radical (unpaired) electrons. The molecule has 1 aromatic heterocycles. The van der Waals surface area contributed by atoms with Gasteiger partial charge in [0.2, 0.25) is 0 Å². The third-order valence-electron chi connectivity index (χ3n) is 0.425. The van der Waals surface area contributed by atoms with Crippen molar-refractivity contribution in [1.29, 1.82) is 0 Å². The van der Waals surface area contributed by atoms with Crippen LogP contribution in [0.1, 0.15) is 0 Å². The molecule has 0 fully saturated rings. The minimum Gasteiger partial charge on any atom is -0.473 e. The first-order valence-corrected chi connectivity index (χ1v) is 1.47. The van der Waals surface area contributed by atoms with Crippen LogP contribution in [0.25, 0.3) is 0 Å². The predicted octanol–water partition coefficient (Wildman–Crippen LogP) is 0.631. The van der Waals surface area contributed by atoms with Gasteiger partial charge in [-0.1, -0.05) is 0 Å². The normalized spacial score (nSPS) is 6.67. The van der Waals surface area contributed by atoms with E-state index in [9.17, 15) is 0 Å². The third-order valence-corrected chi connectivity index (χ3v) is 0.425. The SMILES string of the molecule is [NaH].c1ccoc1. The minimum absolute atomic E-state index is 0. The molecule has 0 spiro atoms. The second kappa shape index (κ2) is 3.47. The molecule has 0 aliphatic carbocycles. The van der Waals surface area contributed by atoms with E-state index < -0.39 is 0 Å². The van der Waals surface area contributed by atoms with Crippen LogP contribution in [0, 0.1) is 0 Å². The number of hydrogen-bond acceptors (Lipinski definition) is 1. The van der Waals surface area contributed by atoms with Crippen molar-refractivity contribution in [1.82, 2.24) is 0 Å². The van der Waals surface area contributed by atoms with E-state index in [-0.39, 0.29) is 29.6 Å². The molecule has 1 rings (SSSR count). The van der Waals surface area contributed by atoms with Crippen LogP contribution in [0.2, 0.25) is 0 Å². The Morgan fingerprint density at radius 1 is 1.00 bits per heavy atom. The van der Waals surface area contributed by atoms with Crippen LogP contribution in [0.5, 0.6) is 0 Å². The molecule has 0 atom stereocenters. The van der Waals surface area contributed by atoms with Gasteiger partial charge < -0.3 is 4.42 Å². The molecule has 28 valence electrons. The molecule has 1 nitrogen and oxygen atoms in total. The zero-order valence-corrected chi connectivity index (χ0v) is 2.72. The Kier molecular flexibility index (Phi) is 3.63. The third kappa shape index (κ3) is 1.65. The van der Waals surface area contributed by atoms with Crippen LogP contribution >= 0.6 is 0 Å². The van der Waals surface area contributed by atoms with Gasteiger partial charge in [0, 0.05) is 0 Å². The summed E-state index contributed by atoms with van der Waals surface area (Å²) in [5.41, 5.74) is 0. The van der Waals surface area contributed by atoms with Gasteiger partial charge in [-0.2, -0.15) is 0 Å². The van der Waals surface area contributed by atoms with Gasteiger partial charge >= 0.3 is 29.6 Å². The van der Waals surface area contributed by atoms with Gasteiger partial charge in [-0.15, -0.1) is 0 Å². The average Bonchev–Trinajstić information content (AvgIpc) is 1.76. The van der Waals surface area contributed by atoms with Gasteiger partial charge in [0.15, 0.2) is 0 Å². The number of furan rings is 1. The number of hydrogen-bond donors (Lipinski definition) is 0. The van der Waals surface area contributed by atoms with Crippen molar-refractivity contribution in [3.8, 4) is 0 Å². The maximum atomic E-state index is 4.58. The summed E-state index contributed by atoms with van der Waals surface area (Å²) in [5.74, 6) is 0. The van der Waals surface area contributed by atoms with E-state index in [1.165, 1.54) is 0 Å². The second-order valence-corrected chi connectivity index (χ2v) is 0.793. The first kappa shape index (κ1) is 6.28. The van der Waals surface area contributed by atoms with E-state index in [2.05, 4.69) is 4.42 Å². The molecule has 0 aliphatic heterocycles. The van der Waals surface area contributed by atoms with Crippen LogP contribution in [0.3, 0.4) is 0 Å². The molecule has 0 aromatic carbocycles. The molecule has 0 aliphatic rings. The van der Waals surface area contributed by atoms with Crippen molar-refractivity contribution < 1.29 is 4.42 Å². The molecular weight excluding hydrogens is 87.0 g/mol. The first-order chi connectivity index (χ1) is 2.50. The van der Waals surface area contributed by atoms with E-state index in [1.807, 2.05) is 12.1 Å². The zero-order chi connectivity index (χ0) is 3.54. The van der Waals surface area contributed by atoms with Crippen molar-refractivity contribution in [3.05, 3.63) is 24.7 Å². The molecule has 0 bridgehead atoms. The standard InChI is InChI=1S/C4H4O.Na.H/c1-2-4-5-3-1;;/h1-4H;;. The van der Waals surface area contributed by atoms with Crippen LogP contribution in [-0.2, 0) is 0 Å². The van der Waals surface area contributed by atoms with Gasteiger partial charge in [-0.3, -0.25) is 0 Å². The largest absolute Gasteiger partial charge is 0.473 e. The smallest absolute Gasteiger partial charge is 0.0902 e. The monoisotopic (exact) mass is 92.0 g/mol. The maximum absolute atomic E-state index is 4.58. The Morgan fingerprint density at radius 3 is 1.67 bits per heavy atom. The Balaban J connectivity index is 0.000000250. The quantitative estimate of drug-likeness (QED) is 0.428. The maximum Gasteiger partial charge on any atom is 0.0902 e. The fraction of sp³-hybridized carbons (Fsp3) is 0. The molecule has 0 saturated carbocycles. The first-order valence-electron chi connectivity index (χ1n) is 1.47. The summed E-state index contributed by atoms with van der Waals surface area (Å²) in [4.78, 5) is 0. The van der Waals surface area contributed by atoms with E-state index in [4.69, 9.17) is 0 Å². The molecule has 0 N–H and O–H groups in total. The Labute approximate surface area is 58.6 Å². The summed E-state index contributed by atoms with van der Waals surface area (Å²) in [6, 6.07) is 3.67. The number of rotatable bonds is 0. The predicted molar refractivity (Wildman–Crippen MR) is 25.9 cm³/mol. The van der Waals surface area contributed by atoms with Gasteiger partial charge in [-0.25, -0.2) is 0 Å². The van der Waals surface area contributed by atoms with Crippen LogP contribution < -0.4 is 0 Å². The van der Waals surface area contributed by atoms with Crippen molar-refractivity contribution in [2.24, 2.45) is 0 Å². The minimum atomic E-state index is 0. The average molecular weight is 92.1 g/mol. The fourth-order valence-electron chi connectivity index (χ4n) is 0.227. The summed E-state index contributed by atoms with van der Waals surface area (Å²) >= 11 is 0. The van der Waals surface area contributed by atoms with Crippen LogP contribution in [0.4, 0.5) is 0 Å².